The molecule has 1 unspecified atom stereocenters. The van der Waals surface area contributed by atoms with E-state index in [1.807, 2.05) is 25.1 Å². The second-order valence-corrected chi connectivity index (χ2v) is 6.70. The predicted octanol–water partition coefficient (Wildman–Crippen LogP) is 5.70. The third-order valence-electron chi connectivity index (χ3n) is 3.94. The van der Waals surface area contributed by atoms with Gasteiger partial charge in [0.25, 0.3) is 0 Å². The summed E-state index contributed by atoms with van der Waals surface area (Å²) >= 11 is 11.6. The highest BCUT2D eigenvalue weighted by molar-refractivity contribution is 7.80. The molecule has 2 N–H and O–H groups in total. The second-order valence-electron chi connectivity index (χ2n) is 5.88. The van der Waals surface area contributed by atoms with Crippen molar-refractivity contribution in [1.29, 1.82) is 0 Å². The molecule has 0 heterocycles. The largest absolute Gasteiger partial charge is 0.356 e. The van der Waals surface area contributed by atoms with Crippen LogP contribution < -0.4 is 10.6 Å². The van der Waals surface area contributed by atoms with Crippen molar-refractivity contribution in [3.8, 4) is 0 Å². The van der Waals surface area contributed by atoms with Crippen molar-refractivity contribution in [2.45, 2.75) is 40.2 Å². The minimum absolute atomic E-state index is 0.191. The molecule has 0 bridgehead atoms. The Morgan fingerprint density at radius 3 is 2.43 bits per heavy atom. The van der Waals surface area contributed by atoms with Gasteiger partial charge >= 0.3 is 0 Å². The molecule has 0 aliphatic rings. The van der Waals surface area contributed by atoms with Crippen LogP contribution in [0.4, 0.5) is 5.69 Å². The van der Waals surface area contributed by atoms with Crippen LogP contribution in [-0.4, -0.2) is 5.11 Å². The number of aryl methyl sites for hydroxylation is 3. The molecule has 122 valence electrons. The fourth-order valence-corrected chi connectivity index (χ4v) is 3.05. The van der Waals surface area contributed by atoms with Gasteiger partial charge < -0.3 is 10.6 Å². The molecule has 0 amide bonds. The van der Waals surface area contributed by atoms with E-state index in [1.54, 1.807) is 0 Å². The van der Waals surface area contributed by atoms with Gasteiger partial charge in [-0.1, -0.05) is 48.4 Å². The zero-order valence-electron chi connectivity index (χ0n) is 14.0. The van der Waals surface area contributed by atoms with E-state index in [0.29, 0.717) is 5.11 Å². The summed E-state index contributed by atoms with van der Waals surface area (Å²) in [4.78, 5) is 0. The summed E-state index contributed by atoms with van der Waals surface area (Å²) in [6, 6.07) is 12.6. The number of thiocarbonyl (C=S) groups is 1. The lowest BCUT2D eigenvalue weighted by Gasteiger charge is -2.22. The third-order valence-corrected chi connectivity index (χ3v) is 4.57. The summed E-state index contributed by atoms with van der Waals surface area (Å²) in [7, 11) is 0. The van der Waals surface area contributed by atoms with Crippen LogP contribution in [-0.2, 0) is 0 Å². The molecule has 0 radical (unpaired) electrons. The maximum atomic E-state index is 6.16. The summed E-state index contributed by atoms with van der Waals surface area (Å²) in [5.74, 6) is 0. The molecule has 2 nitrogen and oxygen atoms in total. The topological polar surface area (TPSA) is 24.1 Å². The molecule has 2 aromatic rings. The number of hydrogen-bond acceptors (Lipinski definition) is 1. The minimum Gasteiger partial charge on any atom is -0.356 e. The van der Waals surface area contributed by atoms with Crippen molar-refractivity contribution < 1.29 is 0 Å². The summed E-state index contributed by atoms with van der Waals surface area (Å²) in [6.45, 7) is 8.39. The van der Waals surface area contributed by atoms with Gasteiger partial charge in [-0.15, -0.1) is 0 Å². The molecule has 0 aliphatic heterocycles. The Bertz CT molecular complexity index is 713. The molecular weight excluding hydrogens is 324 g/mol. The molecule has 0 aromatic heterocycles. The van der Waals surface area contributed by atoms with E-state index in [1.165, 1.54) is 16.7 Å². The Balaban J connectivity index is 2.08. The Kier molecular flexibility index (Phi) is 6.03. The predicted molar refractivity (Wildman–Crippen MR) is 104 cm³/mol. The van der Waals surface area contributed by atoms with Crippen LogP contribution in [0.5, 0.6) is 0 Å². The Morgan fingerprint density at radius 1 is 1.09 bits per heavy atom. The first kappa shape index (κ1) is 17.8. The lowest BCUT2D eigenvalue weighted by atomic mass is 9.98. The molecule has 23 heavy (non-hydrogen) atoms. The standard InChI is InChI=1S/C19H23ClN2S/c1-5-18(16-9-6-12(2)10-14(16)4)22-19(23)21-15-8-7-13(3)17(20)11-15/h6-11,18H,5H2,1-4H3,(H2,21,22,23). The van der Waals surface area contributed by atoms with Crippen LogP contribution in [0.3, 0.4) is 0 Å². The molecule has 0 saturated carbocycles. The fraction of sp³-hybridized carbons (Fsp3) is 0.316. The zero-order chi connectivity index (χ0) is 17.0. The van der Waals surface area contributed by atoms with Gasteiger partial charge in [-0.3, -0.25) is 0 Å². The third kappa shape index (κ3) is 4.69. The number of nitrogens with one attached hydrogen (secondary N) is 2. The van der Waals surface area contributed by atoms with Crippen molar-refractivity contribution in [1.82, 2.24) is 5.32 Å². The SMILES string of the molecule is CCC(NC(=S)Nc1ccc(C)c(Cl)c1)c1ccc(C)cc1C. The lowest BCUT2D eigenvalue weighted by Crippen LogP contribution is -2.32. The molecule has 0 saturated heterocycles. The summed E-state index contributed by atoms with van der Waals surface area (Å²) in [5, 5.41) is 7.96. The maximum absolute atomic E-state index is 6.16. The van der Waals surface area contributed by atoms with E-state index in [2.05, 4.69) is 49.6 Å². The van der Waals surface area contributed by atoms with Crippen molar-refractivity contribution in [3.05, 3.63) is 63.7 Å². The molecule has 0 fully saturated rings. The summed E-state index contributed by atoms with van der Waals surface area (Å²) in [5.41, 5.74) is 5.79. The van der Waals surface area contributed by atoms with Crippen molar-refractivity contribution in [3.63, 3.8) is 0 Å². The zero-order valence-corrected chi connectivity index (χ0v) is 15.6. The monoisotopic (exact) mass is 346 g/mol. The summed E-state index contributed by atoms with van der Waals surface area (Å²) in [6.07, 6.45) is 0.959. The number of anilines is 1. The molecule has 2 aromatic carbocycles. The molecule has 0 aliphatic carbocycles. The Morgan fingerprint density at radius 2 is 1.83 bits per heavy atom. The number of halogens is 1. The van der Waals surface area contributed by atoms with Gasteiger partial charge in [0, 0.05) is 10.7 Å². The number of hydrogen-bond donors (Lipinski definition) is 2. The highest BCUT2D eigenvalue weighted by Crippen LogP contribution is 2.23. The number of rotatable bonds is 4. The van der Waals surface area contributed by atoms with Crippen LogP contribution >= 0.6 is 23.8 Å². The van der Waals surface area contributed by atoms with Gasteiger partial charge in [0.15, 0.2) is 5.11 Å². The normalized spacial score (nSPS) is 11.9. The van der Waals surface area contributed by atoms with E-state index in [-0.39, 0.29) is 6.04 Å². The average Bonchev–Trinajstić information content (AvgIpc) is 2.49. The van der Waals surface area contributed by atoms with Crippen LogP contribution in [0.1, 0.15) is 41.6 Å². The van der Waals surface area contributed by atoms with Crippen molar-refractivity contribution in [2.75, 3.05) is 5.32 Å². The number of benzene rings is 2. The van der Waals surface area contributed by atoms with Crippen LogP contribution in [0.15, 0.2) is 36.4 Å². The van der Waals surface area contributed by atoms with Crippen LogP contribution in [0.25, 0.3) is 0 Å². The lowest BCUT2D eigenvalue weighted by molar-refractivity contribution is 0.625. The van der Waals surface area contributed by atoms with E-state index < -0.39 is 0 Å². The van der Waals surface area contributed by atoms with Gasteiger partial charge in [-0.2, -0.15) is 0 Å². The average molecular weight is 347 g/mol. The van der Waals surface area contributed by atoms with Crippen molar-refractivity contribution in [2.24, 2.45) is 0 Å². The highest BCUT2D eigenvalue weighted by Gasteiger charge is 2.13. The van der Waals surface area contributed by atoms with E-state index in [9.17, 15) is 0 Å². The minimum atomic E-state index is 0.191. The van der Waals surface area contributed by atoms with E-state index >= 15 is 0 Å². The quantitative estimate of drug-likeness (QED) is 0.694. The first-order valence-electron chi connectivity index (χ1n) is 7.81. The smallest absolute Gasteiger partial charge is 0.171 e. The second kappa shape index (κ2) is 7.80. The van der Waals surface area contributed by atoms with E-state index in [4.69, 9.17) is 23.8 Å². The van der Waals surface area contributed by atoms with Gasteiger partial charge in [0.2, 0.25) is 0 Å². The Hall–Kier alpha value is -1.58. The molecule has 2 rings (SSSR count). The first-order valence-corrected chi connectivity index (χ1v) is 8.60. The molecule has 0 spiro atoms. The molecular formula is C19H23ClN2S. The van der Waals surface area contributed by atoms with Gasteiger partial charge in [0.1, 0.15) is 0 Å². The molecule has 4 heteroatoms. The first-order chi connectivity index (χ1) is 10.9. The van der Waals surface area contributed by atoms with Gasteiger partial charge in [-0.05, 0) is 68.2 Å². The van der Waals surface area contributed by atoms with Gasteiger partial charge in [0.05, 0.1) is 6.04 Å². The van der Waals surface area contributed by atoms with Crippen LogP contribution in [0, 0.1) is 20.8 Å². The summed E-state index contributed by atoms with van der Waals surface area (Å²) < 4.78 is 0. The van der Waals surface area contributed by atoms with E-state index in [0.717, 1.165) is 22.7 Å². The fourth-order valence-electron chi connectivity index (χ4n) is 2.61. The van der Waals surface area contributed by atoms with Crippen molar-refractivity contribution >= 4 is 34.6 Å². The molecule has 1 atom stereocenters. The van der Waals surface area contributed by atoms with Gasteiger partial charge in [-0.25, -0.2) is 0 Å². The Labute approximate surface area is 149 Å². The highest BCUT2D eigenvalue weighted by atomic mass is 35.5. The van der Waals surface area contributed by atoms with Crippen LogP contribution in [0.2, 0.25) is 5.02 Å². The maximum Gasteiger partial charge on any atom is 0.171 e.